The van der Waals surface area contributed by atoms with Crippen LogP contribution in [0.25, 0.3) is 0 Å². The molecule has 0 radical (unpaired) electrons. The Bertz CT molecular complexity index is 297. The average molecular weight is 207 g/mol. The van der Waals surface area contributed by atoms with Crippen LogP contribution in [-0.2, 0) is 6.54 Å². The van der Waals surface area contributed by atoms with Crippen LogP contribution in [0.1, 0.15) is 31.4 Å². The molecule has 0 heterocycles. The zero-order valence-electron chi connectivity index (χ0n) is 9.97. The lowest BCUT2D eigenvalue weighted by molar-refractivity contribution is 0.311. The molecular weight excluding hydrogens is 186 g/mol. The summed E-state index contributed by atoms with van der Waals surface area (Å²) in [5, 5.41) is 3.33. The first-order valence-electron chi connectivity index (χ1n) is 5.71. The normalized spacial score (nSPS) is 10.3. The highest BCUT2D eigenvalue weighted by atomic mass is 16.5. The summed E-state index contributed by atoms with van der Waals surface area (Å²) in [6, 6.07) is 6.31. The van der Waals surface area contributed by atoms with E-state index in [9.17, 15) is 0 Å². The Morgan fingerprint density at radius 2 is 2.07 bits per heavy atom. The lowest BCUT2D eigenvalue weighted by atomic mass is 10.1. The standard InChI is InChI=1S/C13H21NO/c1-4-9-15-13-11(3)7-6-8-12(13)10-14-5-2/h6-8,14H,4-5,9-10H2,1-3H3. The third-order valence-electron chi connectivity index (χ3n) is 2.31. The maximum absolute atomic E-state index is 5.77. The van der Waals surface area contributed by atoms with Gasteiger partial charge in [-0.2, -0.15) is 0 Å². The van der Waals surface area contributed by atoms with Crippen LogP contribution in [-0.4, -0.2) is 13.2 Å². The van der Waals surface area contributed by atoms with Crippen molar-refractivity contribution in [2.24, 2.45) is 0 Å². The van der Waals surface area contributed by atoms with Gasteiger partial charge in [-0.05, 0) is 25.5 Å². The van der Waals surface area contributed by atoms with Crippen LogP contribution in [0.4, 0.5) is 0 Å². The number of para-hydroxylation sites is 1. The van der Waals surface area contributed by atoms with Crippen molar-refractivity contribution in [3.05, 3.63) is 29.3 Å². The van der Waals surface area contributed by atoms with Gasteiger partial charge in [0.2, 0.25) is 0 Å². The number of hydrogen-bond donors (Lipinski definition) is 1. The minimum absolute atomic E-state index is 0.796. The number of ether oxygens (including phenoxy) is 1. The van der Waals surface area contributed by atoms with Gasteiger partial charge in [-0.25, -0.2) is 0 Å². The van der Waals surface area contributed by atoms with Crippen molar-refractivity contribution in [2.45, 2.75) is 33.7 Å². The maximum atomic E-state index is 5.77. The van der Waals surface area contributed by atoms with Gasteiger partial charge in [-0.1, -0.05) is 32.0 Å². The fourth-order valence-corrected chi connectivity index (χ4v) is 1.52. The van der Waals surface area contributed by atoms with Gasteiger partial charge in [0.1, 0.15) is 5.75 Å². The van der Waals surface area contributed by atoms with Crippen LogP contribution in [0.15, 0.2) is 18.2 Å². The number of hydrogen-bond acceptors (Lipinski definition) is 2. The second-order valence-electron chi connectivity index (χ2n) is 3.69. The molecule has 2 heteroatoms. The molecule has 1 rings (SSSR count). The topological polar surface area (TPSA) is 21.3 Å². The van der Waals surface area contributed by atoms with E-state index in [4.69, 9.17) is 4.74 Å². The van der Waals surface area contributed by atoms with Crippen LogP contribution in [0.3, 0.4) is 0 Å². The molecule has 0 saturated heterocycles. The van der Waals surface area contributed by atoms with E-state index in [2.05, 4.69) is 44.3 Å². The molecule has 2 nitrogen and oxygen atoms in total. The SMILES string of the molecule is CCCOc1c(C)cccc1CNCC. The third-order valence-corrected chi connectivity index (χ3v) is 2.31. The van der Waals surface area contributed by atoms with E-state index < -0.39 is 0 Å². The highest BCUT2D eigenvalue weighted by Gasteiger charge is 2.05. The van der Waals surface area contributed by atoms with Crippen molar-refractivity contribution in [1.29, 1.82) is 0 Å². The molecule has 0 bridgehead atoms. The molecule has 0 saturated carbocycles. The Hall–Kier alpha value is -1.02. The highest BCUT2D eigenvalue weighted by molar-refractivity contribution is 5.40. The van der Waals surface area contributed by atoms with Gasteiger partial charge < -0.3 is 10.1 Å². The summed E-state index contributed by atoms with van der Waals surface area (Å²) >= 11 is 0. The molecule has 1 aromatic carbocycles. The number of nitrogens with one attached hydrogen (secondary N) is 1. The van der Waals surface area contributed by atoms with Crippen LogP contribution in [0, 0.1) is 6.92 Å². The first kappa shape index (κ1) is 12.1. The number of benzene rings is 1. The summed E-state index contributed by atoms with van der Waals surface area (Å²) in [5.41, 5.74) is 2.48. The van der Waals surface area contributed by atoms with Gasteiger partial charge in [0, 0.05) is 12.1 Å². The second-order valence-corrected chi connectivity index (χ2v) is 3.69. The first-order valence-corrected chi connectivity index (χ1v) is 5.71. The molecule has 0 amide bonds. The smallest absolute Gasteiger partial charge is 0.126 e. The first-order chi connectivity index (χ1) is 7.29. The number of aryl methyl sites for hydroxylation is 1. The van der Waals surface area contributed by atoms with Crippen LogP contribution in [0.5, 0.6) is 5.75 Å². The van der Waals surface area contributed by atoms with Gasteiger partial charge in [0.15, 0.2) is 0 Å². The molecular formula is C13H21NO. The lowest BCUT2D eigenvalue weighted by Crippen LogP contribution is -2.13. The molecule has 1 N–H and O–H groups in total. The molecule has 15 heavy (non-hydrogen) atoms. The molecule has 0 aromatic heterocycles. The Morgan fingerprint density at radius 3 is 2.73 bits per heavy atom. The van der Waals surface area contributed by atoms with Crippen molar-refractivity contribution >= 4 is 0 Å². The molecule has 1 aromatic rings. The van der Waals surface area contributed by atoms with Crippen LogP contribution < -0.4 is 10.1 Å². The summed E-state index contributed by atoms with van der Waals surface area (Å²) in [7, 11) is 0. The van der Waals surface area contributed by atoms with E-state index in [1.165, 1.54) is 11.1 Å². The molecule has 0 aliphatic rings. The lowest BCUT2D eigenvalue weighted by Gasteiger charge is -2.13. The minimum Gasteiger partial charge on any atom is -0.493 e. The molecule has 0 fully saturated rings. The summed E-state index contributed by atoms with van der Waals surface area (Å²) < 4.78 is 5.77. The molecule has 0 spiro atoms. The third kappa shape index (κ3) is 3.56. The van der Waals surface area contributed by atoms with Crippen molar-refractivity contribution in [3.8, 4) is 5.75 Å². The highest BCUT2D eigenvalue weighted by Crippen LogP contribution is 2.23. The van der Waals surface area contributed by atoms with Gasteiger partial charge in [-0.3, -0.25) is 0 Å². The van der Waals surface area contributed by atoms with Crippen molar-refractivity contribution in [1.82, 2.24) is 5.32 Å². The van der Waals surface area contributed by atoms with E-state index in [1.54, 1.807) is 0 Å². The monoisotopic (exact) mass is 207 g/mol. The van der Waals surface area contributed by atoms with Crippen molar-refractivity contribution in [3.63, 3.8) is 0 Å². The van der Waals surface area contributed by atoms with E-state index >= 15 is 0 Å². The van der Waals surface area contributed by atoms with Crippen molar-refractivity contribution < 1.29 is 4.74 Å². The molecule has 0 unspecified atom stereocenters. The average Bonchev–Trinajstić information content (AvgIpc) is 2.25. The quantitative estimate of drug-likeness (QED) is 0.774. The molecule has 84 valence electrons. The van der Waals surface area contributed by atoms with Crippen LogP contribution >= 0.6 is 0 Å². The summed E-state index contributed by atoms with van der Waals surface area (Å²) in [6.45, 7) is 9.01. The van der Waals surface area contributed by atoms with E-state index in [-0.39, 0.29) is 0 Å². The zero-order chi connectivity index (χ0) is 11.1. The summed E-state index contributed by atoms with van der Waals surface area (Å²) in [4.78, 5) is 0. The van der Waals surface area contributed by atoms with Gasteiger partial charge in [0.05, 0.1) is 6.61 Å². The van der Waals surface area contributed by atoms with Gasteiger partial charge in [-0.15, -0.1) is 0 Å². The molecule has 0 aliphatic heterocycles. The largest absolute Gasteiger partial charge is 0.493 e. The maximum Gasteiger partial charge on any atom is 0.126 e. The summed E-state index contributed by atoms with van der Waals surface area (Å²) in [5.74, 6) is 1.06. The second kappa shape index (κ2) is 6.46. The van der Waals surface area contributed by atoms with Gasteiger partial charge >= 0.3 is 0 Å². The summed E-state index contributed by atoms with van der Waals surface area (Å²) in [6.07, 6.45) is 1.05. The van der Waals surface area contributed by atoms with Crippen molar-refractivity contribution in [2.75, 3.05) is 13.2 Å². The van der Waals surface area contributed by atoms with E-state index in [0.29, 0.717) is 0 Å². The predicted molar refractivity (Wildman–Crippen MR) is 64.3 cm³/mol. The van der Waals surface area contributed by atoms with Crippen LogP contribution in [0.2, 0.25) is 0 Å². The zero-order valence-corrected chi connectivity index (χ0v) is 9.97. The Morgan fingerprint density at radius 1 is 1.27 bits per heavy atom. The van der Waals surface area contributed by atoms with E-state index in [1.807, 2.05) is 0 Å². The Kier molecular flexibility index (Phi) is 5.19. The Balaban J connectivity index is 2.77. The number of rotatable bonds is 6. The predicted octanol–water partition coefficient (Wildman–Crippen LogP) is 2.89. The molecule has 0 aliphatic carbocycles. The minimum atomic E-state index is 0.796. The molecule has 0 atom stereocenters. The van der Waals surface area contributed by atoms with E-state index in [0.717, 1.165) is 31.9 Å². The fourth-order valence-electron chi connectivity index (χ4n) is 1.52. The van der Waals surface area contributed by atoms with Gasteiger partial charge in [0.25, 0.3) is 0 Å². The fraction of sp³-hybridized carbons (Fsp3) is 0.538. The Labute approximate surface area is 92.6 Å².